The molecule has 55 heavy (non-hydrogen) atoms. The summed E-state index contributed by atoms with van der Waals surface area (Å²) in [6.45, 7) is 22.3. The lowest BCUT2D eigenvalue weighted by atomic mass is 9.62. The summed E-state index contributed by atoms with van der Waals surface area (Å²) < 4.78 is 17.1. The van der Waals surface area contributed by atoms with Gasteiger partial charge < -0.3 is 39.7 Å². The van der Waals surface area contributed by atoms with Gasteiger partial charge in [0.25, 0.3) is 0 Å². The van der Waals surface area contributed by atoms with Gasteiger partial charge in [-0.05, 0) is 141 Å². The van der Waals surface area contributed by atoms with E-state index >= 15 is 0 Å². The molecule has 1 aliphatic carbocycles. The molecule has 4 atom stereocenters. The van der Waals surface area contributed by atoms with Crippen molar-refractivity contribution in [3.05, 3.63) is 0 Å². The molecule has 1 fully saturated rings. The van der Waals surface area contributed by atoms with E-state index in [0.29, 0.717) is 32.2 Å². The highest BCUT2D eigenvalue weighted by Crippen LogP contribution is 2.46. The number of Topliss-reactive ketones (excluding diaryl/α,β-unsaturated/α-hetero) is 1. The smallest absolute Gasteiger partial charge is 0.318 e. The second kappa shape index (κ2) is 24.2. The number of amides is 3. The zero-order valence-electron chi connectivity index (χ0n) is 36.1. The number of hydrogen-bond donors (Lipinski definition) is 4. The molecule has 4 unspecified atom stereocenters. The zero-order valence-corrected chi connectivity index (χ0v) is 38.1. The van der Waals surface area contributed by atoms with Crippen LogP contribution in [0.3, 0.4) is 0 Å². The van der Waals surface area contributed by atoms with Crippen LogP contribution in [0, 0.1) is 22.7 Å². The van der Waals surface area contributed by atoms with Crippen molar-refractivity contribution in [2.45, 2.75) is 156 Å². The van der Waals surface area contributed by atoms with Gasteiger partial charge >= 0.3 is 11.9 Å². The van der Waals surface area contributed by atoms with Gasteiger partial charge in [-0.2, -0.15) is 0 Å². The Morgan fingerprint density at radius 2 is 1.25 bits per heavy atom. The predicted octanol–water partition coefficient (Wildman–Crippen LogP) is 5.63. The second-order valence-corrected chi connectivity index (χ2v) is 26.7. The number of esters is 2. The van der Waals surface area contributed by atoms with E-state index in [0.717, 1.165) is 37.9 Å². The average molecular weight is 813 g/mol. The highest BCUT2D eigenvalue weighted by atomic mass is 28.4. The molecule has 15 heteroatoms. The Morgan fingerprint density at radius 3 is 1.78 bits per heavy atom. The lowest BCUT2D eigenvalue weighted by Crippen LogP contribution is -2.52. The lowest BCUT2D eigenvalue weighted by Gasteiger charge is -2.47. The number of carbonyl (C=O) groups excluding carboxylic acids is 6. The first-order valence-corrected chi connectivity index (χ1v) is 26.8. The molecule has 0 aromatic carbocycles. The van der Waals surface area contributed by atoms with Crippen LogP contribution >= 0.6 is 0 Å². The summed E-state index contributed by atoms with van der Waals surface area (Å²) in [5, 5.41) is 12.3. The van der Waals surface area contributed by atoms with E-state index in [-0.39, 0.29) is 68.6 Å². The first-order chi connectivity index (χ1) is 25.6. The van der Waals surface area contributed by atoms with Crippen molar-refractivity contribution in [2.24, 2.45) is 22.7 Å². The van der Waals surface area contributed by atoms with Crippen molar-refractivity contribution in [1.82, 2.24) is 21.3 Å². The fraction of sp³-hybridized carbons (Fsp3) is 0.850. The van der Waals surface area contributed by atoms with Crippen molar-refractivity contribution < 1.29 is 42.4 Å². The fourth-order valence-corrected chi connectivity index (χ4v) is 17.0. The van der Waals surface area contributed by atoms with E-state index in [2.05, 4.69) is 68.2 Å². The van der Waals surface area contributed by atoms with Gasteiger partial charge in [-0.15, -0.1) is 0 Å². The molecule has 0 heterocycles. The largest absolute Gasteiger partial charge is 0.465 e. The van der Waals surface area contributed by atoms with Crippen molar-refractivity contribution in [3.63, 3.8) is 0 Å². The van der Waals surface area contributed by atoms with Crippen molar-refractivity contribution in [1.29, 1.82) is 0 Å². The van der Waals surface area contributed by atoms with Gasteiger partial charge in [-0.25, -0.2) is 0 Å². The Balaban J connectivity index is 2.78. The molecule has 318 valence electrons. The maximum absolute atomic E-state index is 13.7. The van der Waals surface area contributed by atoms with Crippen LogP contribution in [0.5, 0.6) is 0 Å². The maximum atomic E-state index is 13.7. The molecule has 0 radical (unpaired) electrons. The first-order valence-electron chi connectivity index (χ1n) is 20.6. The third kappa shape index (κ3) is 20.9. The summed E-state index contributed by atoms with van der Waals surface area (Å²) in [5.41, 5.74) is -0.608. The molecule has 0 spiro atoms. The quantitative estimate of drug-likeness (QED) is 0.0352. The Morgan fingerprint density at radius 1 is 0.727 bits per heavy atom. The van der Waals surface area contributed by atoms with E-state index in [1.165, 1.54) is 6.92 Å². The minimum absolute atomic E-state index is 0.00554. The van der Waals surface area contributed by atoms with Gasteiger partial charge in [-0.3, -0.25) is 24.0 Å². The van der Waals surface area contributed by atoms with Crippen LogP contribution in [0.15, 0.2) is 0 Å². The monoisotopic (exact) mass is 813 g/mol. The number of ether oxygens (including phenoxy) is 2. The molecule has 1 aliphatic rings. The standard InChI is InChI=1S/C40H76N4O9Si2/c1-12-51-37(49)32(19-14-18-30(3)45)35(47)43-29-40(6)27-31(26-39(4,5)28-40)44-36(48)33(38(50)52-13-2)20-15-21-34(46)42-23-17-25-55(10,11)53-54(8,9)24-16-22-41-7/h31-33,41H,12-29H2,1-11H3,(H,42,46)(H,43,47)(H,44,48). The summed E-state index contributed by atoms with van der Waals surface area (Å²) in [7, 11) is -1.63. The summed E-state index contributed by atoms with van der Waals surface area (Å²) >= 11 is 0. The summed E-state index contributed by atoms with van der Waals surface area (Å²) in [4.78, 5) is 76.8. The summed E-state index contributed by atoms with van der Waals surface area (Å²) in [6.07, 6.45) is 5.58. The van der Waals surface area contributed by atoms with E-state index in [4.69, 9.17) is 13.6 Å². The molecular weight excluding hydrogens is 737 g/mol. The minimum atomic E-state index is -1.86. The molecule has 3 amide bonds. The highest BCUT2D eigenvalue weighted by Gasteiger charge is 2.43. The molecule has 1 saturated carbocycles. The molecule has 4 N–H and O–H groups in total. The van der Waals surface area contributed by atoms with Crippen molar-refractivity contribution in [3.8, 4) is 0 Å². The molecule has 0 aromatic heterocycles. The Labute approximate surface area is 333 Å². The third-order valence-electron chi connectivity index (χ3n) is 10.2. The van der Waals surface area contributed by atoms with Crippen LogP contribution in [0.4, 0.5) is 0 Å². The second-order valence-electron chi connectivity index (χ2n) is 17.9. The maximum Gasteiger partial charge on any atom is 0.318 e. The molecule has 0 aliphatic heterocycles. The average Bonchev–Trinajstić information content (AvgIpc) is 3.04. The summed E-state index contributed by atoms with van der Waals surface area (Å²) in [6, 6.07) is 1.81. The molecule has 0 bridgehead atoms. The van der Waals surface area contributed by atoms with E-state index in [1.807, 2.05) is 7.05 Å². The summed E-state index contributed by atoms with van der Waals surface area (Å²) in [5.74, 6) is -4.24. The zero-order chi connectivity index (χ0) is 41.9. The van der Waals surface area contributed by atoms with E-state index < -0.39 is 57.6 Å². The third-order valence-corrected chi connectivity index (χ3v) is 17.7. The molecule has 13 nitrogen and oxygen atoms in total. The predicted molar refractivity (Wildman–Crippen MR) is 221 cm³/mol. The Bertz CT molecular complexity index is 1260. The van der Waals surface area contributed by atoms with Crippen LogP contribution in [-0.4, -0.2) is 98.0 Å². The van der Waals surface area contributed by atoms with Crippen molar-refractivity contribution >= 4 is 52.1 Å². The van der Waals surface area contributed by atoms with E-state index in [1.54, 1.807) is 13.8 Å². The number of rotatable bonds is 27. The number of carbonyl (C=O) groups is 6. The lowest BCUT2D eigenvalue weighted by molar-refractivity contribution is -0.154. The van der Waals surface area contributed by atoms with Gasteiger partial charge in [0.15, 0.2) is 16.6 Å². The van der Waals surface area contributed by atoms with Gasteiger partial charge in [0.2, 0.25) is 17.7 Å². The van der Waals surface area contributed by atoms with Gasteiger partial charge in [-0.1, -0.05) is 20.8 Å². The van der Waals surface area contributed by atoms with Gasteiger partial charge in [0.05, 0.1) is 13.2 Å². The topological polar surface area (TPSA) is 178 Å². The van der Waals surface area contributed by atoms with Gasteiger partial charge in [0, 0.05) is 32.0 Å². The van der Waals surface area contributed by atoms with Gasteiger partial charge in [0.1, 0.15) is 17.6 Å². The Kier molecular flexibility index (Phi) is 22.2. The van der Waals surface area contributed by atoms with Crippen LogP contribution in [-0.2, 0) is 42.4 Å². The van der Waals surface area contributed by atoms with Crippen molar-refractivity contribution in [2.75, 3.05) is 39.9 Å². The SMILES string of the molecule is CCOC(=O)C(CCCC(C)=O)C(=O)NCC1(C)CC(NC(=O)C(CCCC(=O)NCCC[Si](C)(C)O[Si](C)(C)CCCNC)C(=O)OCC)CC(C)(C)C1. The fourth-order valence-electron chi connectivity index (χ4n) is 8.19. The van der Waals surface area contributed by atoms with Crippen LogP contribution in [0.25, 0.3) is 0 Å². The molecule has 0 aromatic rings. The van der Waals surface area contributed by atoms with Crippen LogP contribution in [0.2, 0.25) is 38.3 Å². The molecular formula is C40H76N4O9Si2. The number of ketones is 1. The molecule has 0 saturated heterocycles. The van der Waals surface area contributed by atoms with Crippen LogP contribution < -0.4 is 21.3 Å². The number of nitrogens with one attached hydrogen (secondary N) is 4. The Hall–Kier alpha value is -2.63. The molecule has 1 rings (SSSR count). The van der Waals surface area contributed by atoms with E-state index in [9.17, 15) is 28.8 Å². The minimum Gasteiger partial charge on any atom is -0.465 e. The normalized spacial score (nSPS) is 19.4. The number of hydrogen-bond acceptors (Lipinski definition) is 10. The first kappa shape index (κ1) is 50.4. The van der Waals surface area contributed by atoms with Crippen LogP contribution in [0.1, 0.15) is 112 Å². The highest BCUT2D eigenvalue weighted by molar-refractivity contribution is 6.84.